The van der Waals surface area contributed by atoms with Gasteiger partial charge in [0.2, 0.25) is 5.91 Å². The number of barbiturate groups is 1. The van der Waals surface area contributed by atoms with E-state index in [1.807, 2.05) is 26.8 Å². The molecule has 9 nitrogen and oxygen atoms in total. The van der Waals surface area contributed by atoms with Gasteiger partial charge >= 0.3 is 6.03 Å². The quantitative estimate of drug-likeness (QED) is 0.337. The Hall–Kier alpha value is -3.75. The molecule has 36 heavy (non-hydrogen) atoms. The molecule has 1 fully saturated rings. The first-order chi connectivity index (χ1) is 17.2. The Balaban J connectivity index is 1.94. The molecule has 4 rings (SSSR count). The molecule has 0 unspecified atom stereocenters. The van der Waals surface area contributed by atoms with Crippen molar-refractivity contribution in [2.75, 3.05) is 16.3 Å². The highest BCUT2D eigenvalue weighted by Gasteiger charge is 2.62. The number of nitrogens with zero attached hydrogens (tertiary/aromatic N) is 3. The number of nitrogens with one attached hydrogen (secondary N) is 1. The molecular weight excluding hydrogens is 460 g/mol. The maximum absolute atomic E-state index is 14.4. The molecule has 190 valence electrons. The number of nitro benzene ring substituents is 1. The fraction of sp³-hybridized carbons (Fsp3) is 0.444. The van der Waals surface area contributed by atoms with Gasteiger partial charge in [-0.3, -0.25) is 25.0 Å². The molecule has 2 aliphatic rings. The average molecular weight is 493 g/mol. The van der Waals surface area contributed by atoms with E-state index in [4.69, 9.17) is 0 Å². The highest BCUT2D eigenvalue weighted by atomic mass is 16.6. The van der Waals surface area contributed by atoms with Gasteiger partial charge < -0.3 is 4.90 Å². The molecule has 4 amide bonds. The molecule has 2 aliphatic heterocycles. The van der Waals surface area contributed by atoms with Crippen molar-refractivity contribution < 1.29 is 19.3 Å². The van der Waals surface area contributed by atoms with Crippen molar-refractivity contribution in [1.82, 2.24) is 5.32 Å². The van der Waals surface area contributed by atoms with Crippen LogP contribution in [0, 0.1) is 29.4 Å². The predicted octanol–water partition coefficient (Wildman–Crippen LogP) is 4.81. The highest BCUT2D eigenvalue weighted by molar-refractivity contribution is 6.31. The van der Waals surface area contributed by atoms with Crippen LogP contribution in [-0.4, -0.2) is 35.4 Å². The number of urea groups is 1. The summed E-state index contributed by atoms with van der Waals surface area (Å²) in [5.74, 6) is -1.22. The summed E-state index contributed by atoms with van der Waals surface area (Å²) >= 11 is 0. The summed E-state index contributed by atoms with van der Waals surface area (Å²) in [4.78, 5) is 55.4. The molecule has 2 aromatic rings. The molecular formula is C27H32N4O5. The maximum Gasteiger partial charge on any atom is 0.335 e. The fourth-order valence-corrected chi connectivity index (χ4v) is 5.54. The normalized spacial score (nSPS) is 21.6. The van der Waals surface area contributed by atoms with Crippen molar-refractivity contribution in [3.05, 3.63) is 63.2 Å². The predicted molar refractivity (Wildman–Crippen MR) is 137 cm³/mol. The van der Waals surface area contributed by atoms with Crippen molar-refractivity contribution in [2.24, 2.45) is 5.41 Å². The Morgan fingerprint density at radius 3 is 2.50 bits per heavy atom. The van der Waals surface area contributed by atoms with E-state index in [2.05, 4.69) is 17.1 Å². The summed E-state index contributed by atoms with van der Waals surface area (Å²) in [5.41, 5.74) is 1.78. The van der Waals surface area contributed by atoms with E-state index in [9.17, 15) is 24.5 Å². The van der Waals surface area contributed by atoms with E-state index in [0.29, 0.717) is 24.2 Å². The third-order valence-electron chi connectivity index (χ3n) is 7.54. The Labute approximate surface area is 210 Å². The molecule has 0 bridgehead atoms. The number of hydrogen-bond acceptors (Lipinski definition) is 6. The number of imide groups is 2. The largest absolute Gasteiger partial charge is 0.367 e. The zero-order chi connectivity index (χ0) is 26.2. The fourth-order valence-electron chi connectivity index (χ4n) is 5.54. The molecule has 2 heterocycles. The van der Waals surface area contributed by atoms with Gasteiger partial charge in [-0.2, -0.15) is 0 Å². The van der Waals surface area contributed by atoms with Crippen LogP contribution in [0.25, 0.3) is 0 Å². The van der Waals surface area contributed by atoms with E-state index >= 15 is 0 Å². The molecule has 0 aliphatic carbocycles. The van der Waals surface area contributed by atoms with E-state index in [0.717, 1.165) is 41.0 Å². The standard InChI is InChI=1S/C27H32N4O5/c1-5-7-14-29-22-13-12-20(31(35)36)15-19(22)16-27(23(29)9-6-2)24(32)28-26(34)30(25(27)33)21-11-8-10-17(3)18(21)4/h8,10-13,15,23H,5-7,9,14,16H2,1-4H3,(H,28,32,34)/t23-,27+/m0/s1. The van der Waals surface area contributed by atoms with Crippen molar-refractivity contribution in [3.8, 4) is 0 Å². The average Bonchev–Trinajstić information content (AvgIpc) is 2.84. The van der Waals surface area contributed by atoms with Crippen molar-refractivity contribution >= 4 is 34.9 Å². The molecule has 2 aromatic carbocycles. The molecule has 2 atom stereocenters. The van der Waals surface area contributed by atoms with Crippen LogP contribution in [0.4, 0.5) is 21.9 Å². The van der Waals surface area contributed by atoms with Crippen LogP contribution in [0.2, 0.25) is 0 Å². The summed E-state index contributed by atoms with van der Waals surface area (Å²) in [5, 5.41) is 14.0. The van der Waals surface area contributed by atoms with E-state index in [1.54, 1.807) is 18.2 Å². The Bertz CT molecular complexity index is 1240. The maximum atomic E-state index is 14.4. The van der Waals surface area contributed by atoms with Crippen molar-refractivity contribution in [3.63, 3.8) is 0 Å². The molecule has 9 heteroatoms. The Kier molecular flexibility index (Phi) is 6.84. The second-order valence-corrected chi connectivity index (χ2v) is 9.69. The number of carbonyl (C=O) groups excluding carboxylic acids is 3. The van der Waals surface area contributed by atoms with E-state index in [1.165, 1.54) is 12.1 Å². The van der Waals surface area contributed by atoms with E-state index < -0.39 is 34.2 Å². The smallest absolute Gasteiger partial charge is 0.335 e. The van der Waals surface area contributed by atoms with Gasteiger partial charge in [0.25, 0.3) is 11.6 Å². The van der Waals surface area contributed by atoms with Crippen molar-refractivity contribution in [1.29, 1.82) is 0 Å². The highest BCUT2D eigenvalue weighted by Crippen LogP contribution is 2.47. The molecule has 0 radical (unpaired) electrons. The van der Waals surface area contributed by atoms with Gasteiger partial charge in [0, 0.05) is 30.8 Å². The Morgan fingerprint density at radius 2 is 1.83 bits per heavy atom. The zero-order valence-electron chi connectivity index (χ0n) is 21.2. The lowest BCUT2D eigenvalue weighted by atomic mass is 9.67. The van der Waals surface area contributed by atoms with Crippen LogP contribution in [-0.2, 0) is 16.0 Å². The monoisotopic (exact) mass is 492 g/mol. The number of unbranched alkanes of at least 4 members (excludes halogenated alkanes) is 1. The lowest BCUT2D eigenvalue weighted by Crippen LogP contribution is -2.72. The van der Waals surface area contributed by atoms with Crippen LogP contribution in [0.1, 0.15) is 56.2 Å². The molecule has 1 spiro atoms. The molecule has 0 saturated carbocycles. The summed E-state index contributed by atoms with van der Waals surface area (Å²) in [6.07, 6.45) is 2.97. The number of anilines is 2. The minimum Gasteiger partial charge on any atom is -0.367 e. The topological polar surface area (TPSA) is 113 Å². The third kappa shape index (κ3) is 3.92. The minimum atomic E-state index is -1.60. The van der Waals surface area contributed by atoms with Gasteiger partial charge in [-0.1, -0.05) is 38.8 Å². The number of carbonyl (C=O) groups is 3. The second-order valence-electron chi connectivity index (χ2n) is 9.69. The number of rotatable bonds is 7. The van der Waals surface area contributed by atoms with Gasteiger partial charge in [-0.05, 0) is 55.5 Å². The van der Waals surface area contributed by atoms with Crippen molar-refractivity contribution in [2.45, 2.75) is 65.8 Å². The Morgan fingerprint density at radius 1 is 1.08 bits per heavy atom. The number of hydrogen-bond donors (Lipinski definition) is 1. The van der Waals surface area contributed by atoms with Gasteiger partial charge in [-0.15, -0.1) is 0 Å². The number of fused-ring (bicyclic) bond motifs is 1. The van der Waals surface area contributed by atoms with Gasteiger partial charge in [0.15, 0.2) is 5.41 Å². The van der Waals surface area contributed by atoms with Gasteiger partial charge in [-0.25, -0.2) is 9.69 Å². The van der Waals surface area contributed by atoms with Crippen LogP contribution >= 0.6 is 0 Å². The lowest BCUT2D eigenvalue weighted by molar-refractivity contribution is -0.384. The number of benzene rings is 2. The van der Waals surface area contributed by atoms with Gasteiger partial charge in [0.05, 0.1) is 16.7 Å². The number of non-ortho nitro benzene ring substituents is 1. The van der Waals surface area contributed by atoms with Crippen LogP contribution in [0.5, 0.6) is 0 Å². The van der Waals surface area contributed by atoms with Crippen LogP contribution in [0.15, 0.2) is 36.4 Å². The summed E-state index contributed by atoms with van der Waals surface area (Å²) < 4.78 is 0. The van der Waals surface area contributed by atoms with Crippen LogP contribution < -0.4 is 15.1 Å². The summed E-state index contributed by atoms with van der Waals surface area (Å²) in [6.45, 7) is 8.38. The first kappa shape index (κ1) is 25.3. The summed E-state index contributed by atoms with van der Waals surface area (Å²) in [7, 11) is 0. The SMILES string of the molecule is CCCCN1c2ccc([N+](=O)[O-])cc2C[C@]2(C(=O)NC(=O)N(c3cccc(C)c3C)C2=O)[C@@H]1CCC. The van der Waals surface area contributed by atoms with Gasteiger partial charge in [0.1, 0.15) is 0 Å². The minimum absolute atomic E-state index is 0.0172. The molecule has 0 aromatic heterocycles. The first-order valence-corrected chi connectivity index (χ1v) is 12.5. The number of nitro groups is 1. The van der Waals surface area contributed by atoms with Crippen LogP contribution in [0.3, 0.4) is 0 Å². The lowest BCUT2D eigenvalue weighted by Gasteiger charge is -2.52. The molecule has 1 saturated heterocycles. The zero-order valence-corrected chi connectivity index (χ0v) is 21.2. The third-order valence-corrected chi connectivity index (χ3v) is 7.54. The van der Waals surface area contributed by atoms with E-state index in [-0.39, 0.29) is 12.1 Å². The summed E-state index contributed by atoms with van der Waals surface area (Å²) in [6, 6.07) is 8.74. The number of amides is 4. The number of aryl methyl sites for hydroxylation is 1. The second kappa shape index (κ2) is 9.72. The molecule has 1 N–H and O–H groups in total. The first-order valence-electron chi connectivity index (χ1n) is 12.5.